The molecule has 0 fully saturated rings. The van der Waals surface area contributed by atoms with Gasteiger partial charge in [0.2, 0.25) is 0 Å². The summed E-state index contributed by atoms with van der Waals surface area (Å²) in [5.41, 5.74) is 4.11. The number of thioether (sulfide) groups is 1. The minimum atomic E-state index is 0.230. The zero-order chi connectivity index (χ0) is 15.6. The minimum absolute atomic E-state index is 0.230. The molecule has 0 amide bonds. The van der Waals surface area contributed by atoms with Gasteiger partial charge in [0, 0.05) is 10.9 Å². The van der Waals surface area contributed by atoms with E-state index in [0.717, 1.165) is 40.2 Å². The number of nitrogens with one attached hydrogen (secondary N) is 3. The van der Waals surface area contributed by atoms with Gasteiger partial charge in [0.15, 0.2) is 5.49 Å². The van der Waals surface area contributed by atoms with Crippen molar-refractivity contribution < 1.29 is 0 Å². The van der Waals surface area contributed by atoms with Gasteiger partial charge in [-0.05, 0) is 36.2 Å². The normalized spacial score (nSPS) is 18.4. The lowest BCUT2D eigenvalue weighted by Crippen LogP contribution is -2.42. The van der Waals surface area contributed by atoms with Gasteiger partial charge in [0.1, 0.15) is 17.0 Å². The van der Waals surface area contributed by atoms with E-state index in [-0.39, 0.29) is 5.50 Å². The molecule has 0 spiro atoms. The Hall–Kier alpha value is -2.31. The average molecular weight is 323 g/mol. The van der Waals surface area contributed by atoms with Crippen LogP contribution in [0.4, 0.5) is 11.5 Å². The summed E-state index contributed by atoms with van der Waals surface area (Å²) < 4.78 is 0. The van der Waals surface area contributed by atoms with Crippen LogP contribution in [0.5, 0.6) is 0 Å². The molecule has 0 saturated carbocycles. The number of pyridine rings is 1. The monoisotopic (exact) mass is 323 g/mol. The Morgan fingerprint density at radius 2 is 2.04 bits per heavy atom. The molecule has 6 heteroatoms. The standard InChI is InChI=1S/C17H17N5S/c1-2-18-17-20-13(10-23-17)15-12-8-9-14(21-16(12)22-15)19-11-6-4-3-5-7-11/h3-10,17-18,20H,2H2,1H3,(H,19,21,22). The van der Waals surface area contributed by atoms with Crippen molar-refractivity contribution in [3.63, 3.8) is 0 Å². The van der Waals surface area contributed by atoms with Crippen LogP contribution in [0.3, 0.4) is 0 Å². The first-order valence-electron chi connectivity index (χ1n) is 7.61. The zero-order valence-electron chi connectivity index (χ0n) is 12.7. The van der Waals surface area contributed by atoms with E-state index in [1.807, 2.05) is 36.4 Å². The molecular weight excluding hydrogens is 306 g/mol. The lowest BCUT2D eigenvalue weighted by Gasteiger charge is -2.16. The molecule has 1 aromatic carbocycles. The van der Waals surface area contributed by atoms with Crippen LogP contribution in [0.2, 0.25) is 0 Å². The molecule has 2 aliphatic rings. The highest BCUT2D eigenvalue weighted by Crippen LogP contribution is 2.25. The van der Waals surface area contributed by atoms with E-state index in [4.69, 9.17) is 0 Å². The Morgan fingerprint density at radius 1 is 1.17 bits per heavy atom. The van der Waals surface area contributed by atoms with Crippen LogP contribution in [0, 0.1) is 0 Å². The quantitative estimate of drug-likeness (QED) is 0.781. The lowest BCUT2D eigenvalue weighted by atomic mass is 10.2. The van der Waals surface area contributed by atoms with Crippen molar-refractivity contribution in [2.24, 2.45) is 4.99 Å². The van der Waals surface area contributed by atoms with Crippen LogP contribution in [0.1, 0.15) is 6.92 Å². The number of anilines is 2. The highest BCUT2D eigenvalue weighted by atomic mass is 32.2. The van der Waals surface area contributed by atoms with Gasteiger partial charge in [0.25, 0.3) is 0 Å². The summed E-state index contributed by atoms with van der Waals surface area (Å²) in [6, 6.07) is 14.1. The first-order valence-corrected chi connectivity index (χ1v) is 8.56. The number of fused-ring (bicyclic) bond motifs is 1. The van der Waals surface area contributed by atoms with Crippen molar-refractivity contribution >= 4 is 29.0 Å². The van der Waals surface area contributed by atoms with E-state index in [1.54, 1.807) is 11.8 Å². The molecular formula is C17H17N5S. The Kier molecular flexibility index (Phi) is 3.77. The fourth-order valence-electron chi connectivity index (χ4n) is 2.53. The van der Waals surface area contributed by atoms with Gasteiger partial charge in [-0.15, -0.1) is 0 Å². The van der Waals surface area contributed by atoms with Crippen LogP contribution in [-0.2, 0) is 0 Å². The predicted octanol–water partition coefficient (Wildman–Crippen LogP) is 1.64. The van der Waals surface area contributed by atoms with E-state index < -0.39 is 0 Å². The first kappa shape index (κ1) is 14.3. The Labute approximate surface area is 138 Å². The molecule has 0 bridgehead atoms. The highest BCUT2D eigenvalue weighted by molar-refractivity contribution is 8.02. The molecule has 5 nitrogen and oxygen atoms in total. The number of aromatic nitrogens is 1. The molecule has 2 aromatic rings. The second kappa shape index (κ2) is 6.06. The van der Waals surface area contributed by atoms with Crippen LogP contribution < -0.4 is 26.7 Å². The summed E-state index contributed by atoms with van der Waals surface area (Å²) in [6.07, 6.45) is 0. The van der Waals surface area contributed by atoms with E-state index in [9.17, 15) is 0 Å². The van der Waals surface area contributed by atoms with Crippen molar-refractivity contribution in [1.82, 2.24) is 15.6 Å². The third-order valence-corrected chi connectivity index (χ3v) is 4.58. The predicted molar refractivity (Wildman–Crippen MR) is 94.4 cm³/mol. The summed E-state index contributed by atoms with van der Waals surface area (Å²) in [4.78, 5) is 9.11. The average Bonchev–Trinajstić information content (AvgIpc) is 2.99. The fraction of sp³-hybridized carbons (Fsp3) is 0.176. The summed E-state index contributed by atoms with van der Waals surface area (Å²) in [7, 11) is 0. The zero-order valence-corrected chi connectivity index (χ0v) is 13.5. The second-order valence-corrected chi connectivity index (χ2v) is 6.25. The molecule has 23 heavy (non-hydrogen) atoms. The van der Waals surface area contributed by atoms with Crippen LogP contribution >= 0.6 is 11.8 Å². The molecule has 1 aromatic heterocycles. The van der Waals surface area contributed by atoms with Crippen LogP contribution in [0.15, 0.2) is 58.6 Å². The Bertz CT molecular complexity index is 876. The maximum absolute atomic E-state index is 4.56. The molecule has 3 N–H and O–H groups in total. The summed E-state index contributed by atoms with van der Waals surface area (Å²) in [5, 5.41) is 13.3. The molecule has 0 saturated heterocycles. The molecule has 1 unspecified atom stereocenters. The number of hydrogen-bond donors (Lipinski definition) is 3. The third-order valence-electron chi connectivity index (χ3n) is 3.65. The molecule has 0 radical (unpaired) electrons. The SMILES string of the molecule is CCNC1NC(C2=c3ccc(Nc4ccccc4)nc3=N2)=CS1. The van der Waals surface area contributed by atoms with Gasteiger partial charge < -0.3 is 10.6 Å². The number of para-hydroxylation sites is 1. The van der Waals surface area contributed by atoms with Gasteiger partial charge >= 0.3 is 0 Å². The van der Waals surface area contributed by atoms with Crippen molar-refractivity contribution in [1.29, 1.82) is 0 Å². The van der Waals surface area contributed by atoms with Crippen LogP contribution in [0.25, 0.3) is 5.70 Å². The molecule has 4 rings (SSSR count). The lowest BCUT2D eigenvalue weighted by molar-refractivity contribution is 0.626. The topological polar surface area (TPSA) is 61.3 Å². The van der Waals surface area contributed by atoms with E-state index in [0.29, 0.717) is 0 Å². The van der Waals surface area contributed by atoms with Crippen LogP contribution in [-0.4, -0.2) is 17.0 Å². The van der Waals surface area contributed by atoms with E-state index in [1.165, 1.54) is 0 Å². The Balaban J connectivity index is 1.53. The first-order chi connectivity index (χ1) is 11.3. The van der Waals surface area contributed by atoms with Crippen molar-refractivity contribution in [3.8, 4) is 0 Å². The van der Waals surface area contributed by atoms with Crippen molar-refractivity contribution in [2.45, 2.75) is 12.4 Å². The van der Waals surface area contributed by atoms with Gasteiger partial charge in [-0.3, -0.25) is 5.32 Å². The third kappa shape index (κ3) is 2.83. The number of rotatable bonds is 5. The molecule has 3 heterocycles. The van der Waals surface area contributed by atoms with Gasteiger partial charge in [-0.1, -0.05) is 36.9 Å². The fourth-order valence-corrected chi connectivity index (χ4v) is 3.44. The number of hydrogen-bond acceptors (Lipinski definition) is 6. The highest BCUT2D eigenvalue weighted by Gasteiger charge is 2.22. The molecule has 0 aliphatic carbocycles. The summed E-state index contributed by atoms with van der Waals surface area (Å²) in [6.45, 7) is 3.03. The largest absolute Gasteiger partial charge is 0.359 e. The summed E-state index contributed by atoms with van der Waals surface area (Å²) in [5.74, 6) is 0.811. The summed E-state index contributed by atoms with van der Waals surface area (Å²) >= 11 is 1.73. The van der Waals surface area contributed by atoms with Crippen molar-refractivity contribution in [3.05, 3.63) is 64.3 Å². The van der Waals surface area contributed by atoms with E-state index in [2.05, 4.69) is 44.3 Å². The maximum atomic E-state index is 4.56. The minimum Gasteiger partial charge on any atom is -0.359 e. The number of nitrogens with zero attached hydrogens (tertiary/aromatic N) is 2. The van der Waals surface area contributed by atoms with Gasteiger partial charge in [-0.2, -0.15) is 0 Å². The van der Waals surface area contributed by atoms with Gasteiger partial charge in [0.05, 0.1) is 5.70 Å². The molecule has 2 aliphatic heterocycles. The maximum Gasteiger partial charge on any atom is 0.164 e. The molecule has 116 valence electrons. The van der Waals surface area contributed by atoms with E-state index >= 15 is 0 Å². The van der Waals surface area contributed by atoms with Crippen molar-refractivity contribution in [2.75, 3.05) is 11.9 Å². The number of benzene rings is 1. The second-order valence-electron chi connectivity index (χ2n) is 5.27. The smallest absolute Gasteiger partial charge is 0.164 e. The Morgan fingerprint density at radius 3 is 2.83 bits per heavy atom. The van der Waals surface area contributed by atoms with Gasteiger partial charge in [-0.25, -0.2) is 9.98 Å². The molecule has 1 atom stereocenters.